The Kier molecular flexibility index (Phi) is 6.67. The third-order valence-corrected chi connectivity index (χ3v) is 4.68. The van der Waals surface area contributed by atoms with Crippen molar-refractivity contribution in [3.8, 4) is 5.75 Å². The molecule has 0 saturated carbocycles. The molecule has 1 aliphatic heterocycles. The van der Waals surface area contributed by atoms with E-state index >= 15 is 0 Å². The van der Waals surface area contributed by atoms with Gasteiger partial charge in [-0.2, -0.15) is 0 Å². The summed E-state index contributed by atoms with van der Waals surface area (Å²) in [7, 11) is 0. The van der Waals surface area contributed by atoms with Crippen molar-refractivity contribution in [3.63, 3.8) is 0 Å². The minimum Gasteiger partial charge on any atom is -0.489 e. The largest absolute Gasteiger partial charge is 0.489 e. The molecular formula is C22H27NO3. The van der Waals surface area contributed by atoms with Gasteiger partial charge in [0, 0.05) is 13.1 Å². The van der Waals surface area contributed by atoms with E-state index in [0.29, 0.717) is 13.2 Å². The molecule has 2 aromatic rings. The molecule has 0 spiro atoms. The van der Waals surface area contributed by atoms with Crippen molar-refractivity contribution >= 4 is 5.97 Å². The van der Waals surface area contributed by atoms with Crippen LogP contribution in [0.4, 0.5) is 0 Å². The summed E-state index contributed by atoms with van der Waals surface area (Å²) in [5.74, 6) is 0.823. The first-order valence-electron chi connectivity index (χ1n) is 9.39. The minimum absolute atomic E-state index is 0.00112. The molecule has 1 unspecified atom stereocenters. The van der Waals surface area contributed by atoms with Crippen LogP contribution >= 0.6 is 0 Å². The number of rotatable bonds is 7. The summed E-state index contributed by atoms with van der Waals surface area (Å²) in [5, 5.41) is 0. The molecule has 4 nitrogen and oxygen atoms in total. The van der Waals surface area contributed by atoms with Crippen molar-refractivity contribution in [2.75, 3.05) is 19.7 Å². The van der Waals surface area contributed by atoms with Gasteiger partial charge in [0.15, 0.2) is 0 Å². The van der Waals surface area contributed by atoms with Gasteiger partial charge in [0.05, 0.1) is 12.5 Å². The van der Waals surface area contributed by atoms with Gasteiger partial charge in [-0.1, -0.05) is 42.5 Å². The van der Waals surface area contributed by atoms with Gasteiger partial charge in [-0.15, -0.1) is 0 Å². The summed E-state index contributed by atoms with van der Waals surface area (Å²) in [4.78, 5) is 14.3. The van der Waals surface area contributed by atoms with Crippen molar-refractivity contribution < 1.29 is 14.3 Å². The van der Waals surface area contributed by atoms with E-state index in [9.17, 15) is 4.79 Å². The zero-order chi connectivity index (χ0) is 18.2. The number of carbonyl (C=O) groups is 1. The first-order valence-corrected chi connectivity index (χ1v) is 9.39. The Morgan fingerprint density at radius 3 is 2.73 bits per heavy atom. The summed E-state index contributed by atoms with van der Waals surface area (Å²) in [6.45, 7) is 5.51. The lowest BCUT2D eigenvalue weighted by molar-refractivity contribution is -0.150. The van der Waals surface area contributed by atoms with E-state index in [1.54, 1.807) is 0 Å². The molecular weight excluding hydrogens is 326 g/mol. The number of benzene rings is 2. The minimum atomic E-state index is -0.0582. The fourth-order valence-electron chi connectivity index (χ4n) is 3.38. The number of likely N-dealkylation sites (tertiary alicyclic amines) is 1. The van der Waals surface area contributed by atoms with Crippen molar-refractivity contribution in [1.29, 1.82) is 0 Å². The van der Waals surface area contributed by atoms with Crippen LogP contribution < -0.4 is 4.74 Å². The Balaban J connectivity index is 1.55. The Morgan fingerprint density at radius 2 is 1.92 bits per heavy atom. The zero-order valence-electron chi connectivity index (χ0n) is 15.4. The lowest BCUT2D eigenvalue weighted by Crippen LogP contribution is -2.38. The maximum atomic E-state index is 12.0. The van der Waals surface area contributed by atoms with Crippen LogP contribution in [0.3, 0.4) is 0 Å². The highest BCUT2D eigenvalue weighted by atomic mass is 16.5. The topological polar surface area (TPSA) is 38.8 Å². The van der Waals surface area contributed by atoms with Crippen LogP contribution in [0.1, 0.15) is 30.9 Å². The van der Waals surface area contributed by atoms with Gasteiger partial charge in [0.1, 0.15) is 12.4 Å². The first-order chi connectivity index (χ1) is 12.7. The normalized spacial score (nSPS) is 17.7. The number of piperidine rings is 1. The first kappa shape index (κ1) is 18.5. The predicted molar refractivity (Wildman–Crippen MR) is 102 cm³/mol. The smallest absolute Gasteiger partial charge is 0.310 e. The molecule has 0 bridgehead atoms. The number of hydrogen-bond acceptors (Lipinski definition) is 4. The molecule has 1 saturated heterocycles. The maximum absolute atomic E-state index is 12.0. The zero-order valence-corrected chi connectivity index (χ0v) is 15.4. The second-order valence-electron chi connectivity index (χ2n) is 6.75. The second kappa shape index (κ2) is 9.39. The Labute approximate surface area is 155 Å². The summed E-state index contributed by atoms with van der Waals surface area (Å²) >= 11 is 0. The average Bonchev–Trinajstić information content (AvgIpc) is 2.68. The maximum Gasteiger partial charge on any atom is 0.310 e. The van der Waals surface area contributed by atoms with E-state index in [1.807, 2.05) is 37.3 Å². The molecule has 0 amide bonds. The third-order valence-electron chi connectivity index (χ3n) is 4.68. The standard InChI is InChI=1S/C22H27NO3/c1-2-25-22(24)20-11-7-13-23(16-20)15-19-10-6-12-21(14-19)26-17-18-8-4-3-5-9-18/h3-6,8-10,12,14,20H,2,7,11,13,15-17H2,1H3. The van der Waals surface area contributed by atoms with Gasteiger partial charge in [0.25, 0.3) is 0 Å². The molecule has 0 radical (unpaired) electrons. The molecule has 1 fully saturated rings. The van der Waals surface area contributed by atoms with Gasteiger partial charge in [-0.3, -0.25) is 9.69 Å². The van der Waals surface area contributed by atoms with Gasteiger partial charge in [0.2, 0.25) is 0 Å². The van der Waals surface area contributed by atoms with Crippen molar-refractivity contribution in [2.45, 2.75) is 32.9 Å². The number of hydrogen-bond donors (Lipinski definition) is 0. The molecule has 4 heteroatoms. The van der Waals surface area contributed by atoms with Crippen LogP contribution in [0.25, 0.3) is 0 Å². The lowest BCUT2D eigenvalue weighted by atomic mass is 9.97. The Bertz CT molecular complexity index is 702. The Morgan fingerprint density at radius 1 is 1.12 bits per heavy atom. The third kappa shape index (κ3) is 5.33. The monoisotopic (exact) mass is 353 g/mol. The molecule has 2 aromatic carbocycles. The molecule has 3 rings (SSSR count). The fraction of sp³-hybridized carbons (Fsp3) is 0.409. The van der Waals surface area contributed by atoms with Gasteiger partial charge in [-0.25, -0.2) is 0 Å². The summed E-state index contributed by atoms with van der Waals surface area (Å²) in [5.41, 5.74) is 2.37. The number of esters is 1. The van der Waals surface area contributed by atoms with Crippen LogP contribution in [-0.4, -0.2) is 30.6 Å². The summed E-state index contributed by atoms with van der Waals surface area (Å²) in [6, 6.07) is 18.4. The molecule has 1 atom stereocenters. The van der Waals surface area contributed by atoms with Crippen LogP contribution in [0.5, 0.6) is 5.75 Å². The quantitative estimate of drug-likeness (QED) is 0.704. The van der Waals surface area contributed by atoms with Crippen molar-refractivity contribution in [1.82, 2.24) is 4.90 Å². The number of ether oxygens (including phenoxy) is 2. The summed E-state index contributed by atoms with van der Waals surface area (Å²) < 4.78 is 11.1. The lowest BCUT2D eigenvalue weighted by Gasteiger charge is -2.31. The molecule has 0 aliphatic carbocycles. The summed E-state index contributed by atoms with van der Waals surface area (Å²) in [6.07, 6.45) is 1.96. The molecule has 1 aliphatic rings. The second-order valence-corrected chi connectivity index (χ2v) is 6.75. The van der Waals surface area contributed by atoms with Crippen molar-refractivity contribution in [3.05, 3.63) is 65.7 Å². The van der Waals surface area contributed by atoms with E-state index in [-0.39, 0.29) is 11.9 Å². The SMILES string of the molecule is CCOC(=O)C1CCCN(Cc2cccc(OCc3ccccc3)c2)C1. The van der Waals surface area contributed by atoms with E-state index in [4.69, 9.17) is 9.47 Å². The van der Waals surface area contributed by atoms with Gasteiger partial charge >= 0.3 is 5.97 Å². The highest BCUT2D eigenvalue weighted by Crippen LogP contribution is 2.22. The molecule has 0 aromatic heterocycles. The Hall–Kier alpha value is -2.33. The molecule has 0 N–H and O–H groups in total. The number of carbonyl (C=O) groups excluding carboxylic acids is 1. The molecule has 138 valence electrons. The van der Waals surface area contributed by atoms with Crippen LogP contribution in [0.15, 0.2) is 54.6 Å². The average molecular weight is 353 g/mol. The highest BCUT2D eigenvalue weighted by Gasteiger charge is 2.26. The molecule has 26 heavy (non-hydrogen) atoms. The van der Waals surface area contributed by atoms with Crippen LogP contribution in [0.2, 0.25) is 0 Å². The predicted octanol–water partition coefficient (Wildman–Crippen LogP) is 4.04. The van der Waals surface area contributed by atoms with E-state index in [1.165, 1.54) is 5.56 Å². The van der Waals surface area contributed by atoms with Crippen molar-refractivity contribution in [2.24, 2.45) is 5.92 Å². The van der Waals surface area contributed by atoms with Crippen LogP contribution in [-0.2, 0) is 22.7 Å². The van der Waals surface area contributed by atoms with E-state index in [0.717, 1.165) is 43.8 Å². The van der Waals surface area contributed by atoms with E-state index < -0.39 is 0 Å². The van der Waals surface area contributed by atoms with Gasteiger partial charge in [-0.05, 0) is 49.6 Å². The fourth-order valence-corrected chi connectivity index (χ4v) is 3.38. The van der Waals surface area contributed by atoms with E-state index in [2.05, 4.69) is 29.2 Å². The van der Waals surface area contributed by atoms with Gasteiger partial charge < -0.3 is 9.47 Å². The number of nitrogens with zero attached hydrogens (tertiary/aromatic N) is 1. The van der Waals surface area contributed by atoms with Crippen LogP contribution in [0, 0.1) is 5.92 Å². The highest BCUT2D eigenvalue weighted by molar-refractivity contribution is 5.72. The molecule has 1 heterocycles.